The summed E-state index contributed by atoms with van der Waals surface area (Å²) in [7, 11) is 2.06. The standard InChI is InChI=1S/C16H23ClFN3O2/c1-10(21(2)12-4-5-12)8-19-16(23)20-9-15(22)11-3-6-13(17)14(18)7-11/h3,6-7,10,12,15,22H,4-5,8-9H2,1-2H3,(H2,19,20,23). The minimum absolute atomic E-state index is 0.000247. The Kier molecular flexibility index (Phi) is 6.21. The number of amides is 2. The molecule has 128 valence electrons. The Morgan fingerprint density at radius 3 is 2.70 bits per heavy atom. The van der Waals surface area contributed by atoms with E-state index in [0.29, 0.717) is 18.2 Å². The fourth-order valence-electron chi connectivity index (χ4n) is 2.32. The van der Waals surface area contributed by atoms with Crippen LogP contribution in [0.25, 0.3) is 0 Å². The van der Waals surface area contributed by atoms with Gasteiger partial charge in [-0.15, -0.1) is 0 Å². The highest BCUT2D eigenvalue weighted by Gasteiger charge is 2.29. The molecule has 2 unspecified atom stereocenters. The van der Waals surface area contributed by atoms with Crippen LogP contribution in [0.15, 0.2) is 18.2 Å². The Labute approximate surface area is 140 Å². The van der Waals surface area contributed by atoms with E-state index in [1.807, 2.05) is 0 Å². The van der Waals surface area contributed by atoms with Crippen LogP contribution < -0.4 is 10.6 Å². The van der Waals surface area contributed by atoms with Crippen LogP contribution in [-0.4, -0.2) is 48.3 Å². The van der Waals surface area contributed by atoms with Crippen LogP contribution in [0, 0.1) is 5.82 Å². The number of hydrogen-bond donors (Lipinski definition) is 3. The van der Waals surface area contributed by atoms with Crippen molar-refractivity contribution in [2.75, 3.05) is 20.1 Å². The molecule has 3 N–H and O–H groups in total. The smallest absolute Gasteiger partial charge is 0.314 e. The number of hydrogen-bond acceptors (Lipinski definition) is 3. The lowest BCUT2D eigenvalue weighted by Crippen LogP contribution is -2.45. The number of carbonyl (C=O) groups is 1. The van der Waals surface area contributed by atoms with Gasteiger partial charge < -0.3 is 15.7 Å². The molecule has 1 aromatic rings. The van der Waals surface area contributed by atoms with Crippen LogP contribution in [0.5, 0.6) is 0 Å². The average Bonchev–Trinajstić information content (AvgIpc) is 3.36. The van der Waals surface area contributed by atoms with Crippen molar-refractivity contribution in [3.63, 3.8) is 0 Å². The highest BCUT2D eigenvalue weighted by Crippen LogP contribution is 2.26. The predicted octanol–water partition coefficient (Wildman–Crippen LogP) is 2.29. The zero-order valence-corrected chi connectivity index (χ0v) is 14.1. The molecule has 23 heavy (non-hydrogen) atoms. The predicted molar refractivity (Wildman–Crippen MR) is 88.0 cm³/mol. The molecule has 2 amide bonds. The van der Waals surface area contributed by atoms with E-state index in [1.165, 1.54) is 31.0 Å². The van der Waals surface area contributed by atoms with Gasteiger partial charge in [-0.25, -0.2) is 9.18 Å². The molecular weight excluding hydrogens is 321 g/mol. The number of likely N-dealkylation sites (N-methyl/N-ethyl adjacent to an activating group) is 1. The van der Waals surface area contributed by atoms with Gasteiger partial charge >= 0.3 is 6.03 Å². The van der Waals surface area contributed by atoms with Gasteiger partial charge in [0, 0.05) is 25.2 Å². The summed E-state index contributed by atoms with van der Waals surface area (Å²) >= 11 is 5.60. The number of aliphatic hydroxyl groups excluding tert-OH is 1. The summed E-state index contributed by atoms with van der Waals surface area (Å²) in [6, 6.07) is 4.61. The minimum atomic E-state index is -0.987. The van der Waals surface area contributed by atoms with Gasteiger partial charge in [0.1, 0.15) is 5.82 Å². The molecule has 1 aliphatic carbocycles. The highest BCUT2D eigenvalue weighted by atomic mass is 35.5. The first-order valence-electron chi connectivity index (χ1n) is 7.75. The number of urea groups is 1. The summed E-state index contributed by atoms with van der Waals surface area (Å²) in [6.45, 7) is 2.59. The summed E-state index contributed by atoms with van der Waals surface area (Å²) in [5.41, 5.74) is 0.369. The maximum Gasteiger partial charge on any atom is 0.314 e. The normalized spacial score (nSPS) is 17.0. The number of nitrogens with one attached hydrogen (secondary N) is 2. The molecule has 2 rings (SSSR count). The number of carbonyl (C=O) groups excluding carboxylic acids is 1. The molecule has 7 heteroatoms. The van der Waals surface area contributed by atoms with E-state index in [9.17, 15) is 14.3 Å². The maximum absolute atomic E-state index is 13.3. The van der Waals surface area contributed by atoms with Gasteiger partial charge in [-0.05, 0) is 44.5 Å². The van der Waals surface area contributed by atoms with E-state index in [0.717, 1.165) is 0 Å². The molecule has 0 heterocycles. The average molecular weight is 344 g/mol. The largest absolute Gasteiger partial charge is 0.387 e. The molecule has 2 atom stereocenters. The van der Waals surface area contributed by atoms with Crippen molar-refractivity contribution in [1.82, 2.24) is 15.5 Å². The van der Waals surface area contributed by atoms with Gasteiger partial charge in [-0.2, -0.15) is 0 Å². The van der Waals surface area contributed by atoms with Crippen molar-refractivity contribution in [3.05, 3.63) is 34.6 Å². The monoisotopic (exact) mass is 343 g/mol. The zero-order valence-electron chi connectivity index (χ0n) is 13.4. The van der Waals surface area contributed by atoms with E-state index in [2.05, 4.69) is 29.5 Å². The summed E-state index contributed by atoms with van der Waals surface area (Å²) in [6.07, 6.45) is 1.45. The Bertz CT molecular complexity index is 554. The van der Waals surface area contributed by atoms with Crippen molar-refractivity contribution in [2.45, 2.75) is 38.0 Å². The summed E-state index contributed by atoms with van der Waals surface area (Å²) < 4.78 is 13.3. The SMILES string of the molecule is CC(CNC(=O)NCC(O)c1ccc(Cl)c(F)c1)N(C)C1CC1. The maximum atomic E-state index is 13.3. The summed E-state index contributed by atoms with van der Waals surface area (Å²) in [5.74, 6) is -0.593. The first-order chi connectivity index (χ1) is 10.9. The third-order valence-electron chi connectivity index (χ3n) is 4.16. The van der Waals surface area contributed by atoms with Crippen molar-refractivity contribution in [3.8, 4) is 0 Å². The minimum Gasteiger partial charge on any atom is -0.387 e. The second kappa shape index (κ2) is 7.95. The quantitative estimate of drug-likeness (QED) is 0.711. The third kappa shape index (κ3) is 5.34. The summed E-state index contributed by atoms with van der Waals surface area (Å²) in [4.78, 5) is 14.0. The fraction of sp³-hybridized carbons (Fsp3) is 0.562. The number of rotatable bonds is 7. The molecule has 0 radical (unpaired) electrons. The van der Waals surface area contributed by atoms with Gasteiger partial charge in [0.2, 0.25) is 0 Å². The zero-order chi connectivity index (χ0) is 17.0. The molecular formula is C16H23ClFN3O2. The fourth-order valence-corrected chi connectivity index (χ4v) is 2.43. The molecule has 1 saturated carbocycles. The lowest BCUT2D eigenvalue weighted by molar-refractivity contribution is 0.171. The van der Waals surface area contributed by atoms with Crippen molar-refractivity contribution in [1.29, 1.82) is 0 Å². The highest BCUT2D eigenvalue weighted by molar-refractivity contribution is 6.30. The van der Waals surface area contributed by atoms with E-state index >= 15 is 0 Å². The van der Waals surface area contributed by atoms with Crippen LogP contribution in [-0.2, 0) is 0 Å². The topological polar surface area (TPSA) is 64.6 Å². The number of benzene rings is 1. The lowest BCUT2D eigenvalue weighted by atomic mass is 10.1. The molecule has 0 bridgehead atoms. The molecule has 0 spiro atoms. The van der Waals surface area contributed by atoms with Crippen LogP contribution in [0.4, 0.5) is 9.18 Å². The Hall–Kier alpha value is -1.37. The van der Waals surface area contributed by atoms with E-state index in [4.69, 9.17) is 11.6 Å². The van der Waals surface area contributed by atoms with Gasteiger partial charge in [0.25, 0.3) is 0 Å². The number of aliphatic hydroxyl groups is 1. The van der Waals surface area contributed by atoms with Crippen molar-refractivity contribution in [2.24, 2.45) is 0 Å². The van der Waals surface area contributed by atoms with Crippen molar-refractivity contribution >= 4 is 17.6 Å². The molecule has 5 nitrogen and oxygen atoms in total. The van der Waals surface area contributed by atoms with Crippen LogP contribution in [0.2, 0.25) is 5.02 Å². The van der Waals surface area contributed by atoms with E-state index in [-0.39, 0.29) is 23.6 Å². The molecule has 1 aliphatic rings. The first kappa shape index (κ1) is 18.0. The third-order valence-corrected chi connectivity index (χ3v) is 4.47. The van der Waals surface area contributed by atoms with Gasteiger partial charge in [0.05, 0.1) is 11.1 Å². The van der Waals surface area contributed by atoms with Gasteiger partial charge in [-0.3, -0.25) is 4.90 Å². The van der Waals surface area contributed by atoms with E-state index < -0.39 is 11.9 Å². The Morgan fingerprint density at radius 1 is 1.43 bits per heavy atom. The van der Waals surface area contributed by atoms with Crippen LogP contribution in [0.3, 0.4) is 0 Å². The van der Waals surface area contributed by atoms with Gasteiger partial charge in [0.15, 0.2) is 0 Å². The van der Waals surface area contributed by atoms with Crippen LogP contribution in [0.1, 0.15) is 31.4 Å². The second-order valence-corrected chi connectivity index (χ2v) is 6.43. The molecule has 0 aromatic heterocycles. The number of halogens is 2. The molecule has 1 aromatic carbocycles. The molecule has 0 saturated heterocycles. The molecule has 0 aliphatic heterocycles. The lowest BCUT2D eigenvalue weighted by Gasteiger charge is -2.24. The van der Waals surface area contributed by atoms with E-state index in [1.54, 1.807) is 0 Å². The van der Waals surface area contributed by atoms with Crippen LogP contribution >= 0.6 is 11.6 Å². The molecule has 1 fully saturated rings. The Balaban J connectivity index is 1.71. The first-order valence-corrected chi connectivity index (χ1v) is 8.13. The second-order valence-electron chi connectivity index (χ2n) is 6.03. The Morgan fingerprint density at radius 2 is 2.09 bits per heavy atom. The van der Waals surface area contributed by atoms with Crippen molar-refractivity contribution < 1.29 is 14.3 Å². The number of nitrogens with zero attached hydrogens (tertiary/aromatic N) is 1. The summed E-state index contributed by atoms with van der Waals surface area (Å²) in [5, 5.41) is 15.3. The van der Waals surface area contributed by atoms with Gasteiger partial charge in [-0.1, -0.05) is 17.7 Å².